The van der Waals surface area contributed by atoms with E-state index in [0.717, 1.165) is 71.2 Å². The number of amides is 1. The largest absolute Gasteiger partial charge is 0.461 e. The van der Waals surface area contributed by atoms with Crippen LogP contribution in [0.4, 0.5) is 16.2 Å². The maximum Gasteiger partial charge on any atom is 0.245 e. The van der Waals surface area contributed by atoms with Gasteiger partial charge < -0.3 is 24.9 Å². The molecule has 3 aliphatic rings. The average molecular weight is 539 g/mol. The van der Waals surface area contributed by atoms with Gasteiger partial charge in [0, 0.05) is 32.2 Å². The van der Waals surface area contributed by atoms with Crippen LogP contribution >= 0.6 is 0 Å². The van der Waals surface area contributed by atoms with Crippen LogP contribution < -0.4 is 10.6 Å². The highest BCUT2D eigenvalue weighted by Gasteiger charge is 2.38. The molecule has 2 N–H and O–H groups in total. The van der Waals surface area contributed by atoms with Crippen LogP contribution in [-0.4, -0.2) is 86.3 Å². The SMILES string of the molecule is CC(C)(F)CN1CCC(C2CCN(C(=O)[C@@H]3CCCN3c3cc4nc(-c5ccco5)nn4c(N)n3)CC2)CC1. The number of alkyl halides is 1. The van der Waals surface area contributed by atoms with Crippen LogP contribution in [0, 0.1) is 11.8 Å². The number of nitrogens with zero attached hydrogens (tertiary/aromatic N) is 7. The summed E-state index contributed by atoms with van der Waals surface area (Å²) in [6, 6.07) is 5.20. The number of likely N-dealkylation sites (tertiary alicyclic amines) is 2. The number of fused-ring (bicyclic) bond motifs is 1. The Labute approximate surface area is 228 Å². The van der Waals surface area contributed by atoms with Gasteiger partial charge in [0.1, 0.15) is 17.5 Å². The van der Waals surface area contributed by atoms with Gasteiger partial charge in [-0.1, -0.05) is 0 Å². The van der Waals surface area contributed by atoms with E-state index >= 15 is 0 Å². The highest BCUT2D eigenvalue weighted by Crippen LogP contribution is 2.34. The molecule has 3 saturated heterocycles. The molecule has 3 aromatic heterocycles. The molecule has 3 aromatic rings. The number of nitrogens with two attached hydrogens (primary N) is 1. The van der Waals surface area contributed by atoms with Crippen molar-refractivity contribution in [1.29, 1.82) is 0 Å². The second-order valence-corrected chi connectivity index (χ2v) is 12.0. The van der Waals surface area contributed by atoms with Gasteiger partial charge in [0.2, 0.25) is 17.7 Å². The van der Waals surface area contributed by atoms with Gasteiger partial charge in [-0.05, 0) is 89.4 Å². The van der Waals surface area contributed by atoms with Crippen molar-refractivity contribution >= 4 is 23.3 Å². The van der Waals surface area contributed by atoms with Crippen molar-refractivity contribution in [2.45, 2.75) is 64.1 Å². The Bertz CT molecular complexity index is 1290. The first-order chi connectivity index (χ1) is 18.7. The molecule has 0 unspecified atom stereocenters. The number of rotatable bonds is 6. The van der Waals surface area contributed by atoms with Gasteiger partial charge >= 0.3 is 0 Å². The van der Waals surface area contributed by atoms with Crippen LogP contribution in [-0.2, 0) is 4.79 Å². The number of furan rings is 1. The lowest BCUT2D eigenvalue weighted by molar-refractivity contribution is -0.134. The van der Waals surface area contributed by atoms with Crippen molar-refractivity contribution in [3.63, 3.8) is 0 Å². The average Bonchev–Trinajstić information content (AvgIpc) is 3.68. The third-order valence-electron chi connectivity index (χ3n) is 8.66. The molecule has 0 spiro atoms. The van der Waals surface area contributed by atoms with Crippen molar-refractivity contribution in [3.8, 4) is 11.6 Å². The topological polar surface area (TPSA) is 109 Å². The molecule has 6 heterocycles. The van der Waals surface area contributed by atoms with Gasteiger partial charge in [-0.3, -0.25) is 4.79 Å². The first-order valence-corrected chi connectivity index (χ1v) is 14.3. The van der Waals surface area contributed by atoms with Crippen molar-refractivity contribution in [2.24, 2.45) is 11.8 Å². The number of carbonyl (C=O) groups is 1. The van der Waals surface area contributed by atoms with Crippen molar-refractivity contribution in [2.75, 3.05) is 49.9 Å². The van der Waals surface area contributed by atoms with Crippen LogP contribution in [0.5, 0.6) is 0 Å². The minimum absolute atomic E-state index is 0.184. The number of aromatic nitrogens is 4. The quantitative estimate of drug-likeness (QED) is 0.507. The molecule has 210 valence electrons. The van der Waals surface area contributed by atoms with Crippen LogP contribution in [0.1, 0.15) is 52.4 Å². The molecule has 0 aliphatic carbocycles. The Morgan fingerprint density at radius 2 is 1.79 bits per heavy atom. The Kier molecular flexibility index (Phi) is 6.95. The van der Waals surface area contributed by atoms with Gasteiger partial charge in [0.25, 0.3) is 0 Å². The molecular weight excluding hydrogens is 499 g/mol. The zero-order valence-electron chi connectivity index (χ0n) is 22.9. The molecule has 0 radical (unpaired) electrons. The molecule has 0 aromatic carbocycles. The number of carbonyl (C=O) groups excluding carboxylic acids is 1. The minimum atomic E-state index is -1.14. The molecule has 39 heavy (non-hydrogen) atoms. The summed E-state index contributed by atoms with van der Waals surface area (Å²) in [6.45, 7) is 8.14. The number of halogens is 1. The third kappa shape index (κ3) is 5.46. The van der Waals surface area contributed by atoms with Crippen molar-refractivity contribution in [3.05, 3.63) is 24.5 Å². The van der Waals surface area contributed by atoms with Crippen molar-refractivity contribution < 1.29 is 13.6 Å². The zero-order chi connectivity index (χ0) is 27.1. The second kappa shape index (κ2) is 10.4. The van der Waals surface area contributed by atoms with E-state index in [1.54, 1.807) is 32.2 Å². The first kappa shape index (κ1) is 26.0. The molecular formula is C28H39FN8O2. The summed E-state index contributed by atoms with van der Waals surface area (Å²) in [7, 11) is 0. The van der Waals surface area contributed by atoms with Crippen molar-refractivity contribution in [1.82, 2.24) is 29.4 Å². The Hall–Kier alpha value is -3.21. The summed E-state index contributed by atoms with van der Waals surface area (Å²) in [4.78, 5) is 29.2. The predicted octanol–water partition coefficient (Wildman–Crippen LogP) is 3.63. The summed E-state index contributed by atoms with van der Waals surface area (Å²) >= 11 is 0. The lowest BCUT2D eigenvalue weighted by Crippen LogP contribution is -2.50. The van der Waals surface area contributed by atoms with Crippen LogP contribution in [0.15, 0.2) is 28.9 Å². The molecule has 10 nitrogen and oxygen atoms in total. The van der Waals surface area contributed by atoms with Crippen LogP contribution in [0.2, 0.25) is 0 Å². The fraction of sp³-hybridized carbons (Fsp3) is 0.643. The maximum absolute atomic E-state index is 14.0. The van der Waals surface area contributed by atoms with E-state index in [1.165, 1.54) is 4.52 Å². The summed E-state index contributed by atoms with van der Waals surface area (Å²) in [5, 5.41) is 4.43. The Morgan fingerprint density at radius 1 is 1.08 bits per heavy atom. The molecule has 6 rings (SSSR count). The number of hydrogen-bond donors (Lipinski definition) is 1. The van der Waals surface area contributed by atoms with E-state index in [9.17, 15) is 9.18 Å². The highest BCUT2D eigenvalue weighted by atomic mass is 19.1. The molecule has 1 atom stereocenters. The molecule has 1 amide bonds. The van der Waals surface area contributed by atoms with Gasteiger partial charge in [-0.25, -0.2) is 9.37 Å². The van der Waals surface area contributed by atoms with Gasteiger partial charge in [-0.15, -0.1) is 5.10 Å². The summed E-state index contributed by atoms with van der Waals surface area (Å²) in [6.07, 6.45) is 7.66. The van der Waals surface area contributed by atoms with E-state index in [4.69, 9.17) is 10.2 Å². The van der Waals surface area contributed by atoms with E-state index in [0.29, 0.717) is 41.4 Å². The molecule has 0 bridgehead atoms. The second-order valence-electron chi connectivity index (χ2n) is 12.0. The Morgan fingerprint density at radius 3 is 2.46 bits per heavy atom. The maximum atomic E-state index is 14.0. The van der Waals surface area contributed by atoms with E-state index < -0.39 is 5.67 Å². The Balaban J connectivity index is 1.08. The zero-order valence-corrected chi connectivity index (χ0v) is 22.9. The molecule has 3 fully saturated rings. The fourth-order valence-corrected chi connectivity index (χ4v) is 6.77. The molecule has 11 heteroatoms. The van der Waals surface area contributed by atoms with Gasteiger partial charge in [0.05, 0.1) is 6.26 Å². The van der Waals surface area contributed by atoms with Crippen LogP contribution in [0.3, 0.4) is 0 Å². The lowest BCUT2D eigenvalue weighted by atomic mass is 9.78. The highest BCUT2D eigenvalue weighted by molar-refractivity contribution is 5.86. The number of nitrogen functional groups attached to an aromatic ring is 1. The smallest absolute Gasteiger partial charge is 0.245 e. The van der Waals surface area contributed by atoms with Gasteiger partial charge in [0.15, 0.2) is 11.4 Å². The van der Waals surface area contributed by atoms with E-state index in [-0.39, 0.29) is 17.9 Å². The van der Waals surface area contributed by atoms with Gasteiger partial charge in [-0.2, -0.15) is 9.50 Å². The first-order valence-electron chi connectivity index (χ1n) is 14.3. The molecule has 3 aliphatic heterocycles. The normalized spacial score (nSPS) is 22.3. The van der Waals surface area contributed by atoms with E-state index in [1.807, 2.05) is 11.0 Å². The molecule has 0 saturated carbocycles. The lowest BCUT2D eigenvalue weighted by Gasteiger charge is -2.41. The van der Waals surface area contributed by atoms with Crippen LogP contribution in [0.25, 0.3) is 17.2 Å². The number of piperidine rings is 2. The summed E-state index contributed by atoms with van der Waals surface area (Å²) in [5.41, 5.74) is 5.69. The van der Waals surface area contributed by atoms with E-state index in [2.05, 4.69) is 24.9 Å². The standard InChI is InChI=1S/C28H39FN8O2/c1-28(2,29)18-34-12-7-19(8-13-34)20-9-14-35(15-10-20)26(38)21-5-3-11-36(21)23-17-24-31-25(22-6-4-16-39-22)33-37(24)27(30)32-23/h4,6,16-17,19-21H,3,5,7-15,18H2,1-2H3,(H2,30,32)/t21-/m0/s1. The summed E-state index contributed by atoms with van der Waals surface area (Å²) in [5.74, 6) is 3.40. The fourth-order valence-electron chi connectivity index (χ4n) is 6.77. The summed E-state index contributed by atoms with van der Waals surface area (Å²) < 4.78 is 21.0. The number of hydrogen-bond acceptors (Lipinski definition) is 8. The third-order valence-corrected chi connectivity index (χ3v) is 8.66. The number of anilines is 2. The minimum Gasteiger partial charge on any atom is -0.461 e. The monoisotopic (exact) mass is 538 g/mol. The predicted molar refractivity (Wildman–Crippen MR) is 147 cm³/mol.